The highest BCUT2D eigenvalue weighted by Crippen LogP contribution is 2.39. The van der Waals surface area contributed by atoms with Gasteiger partial charge in [0, 0.05) is 38.7 Å². The molecular weight excluding hydrogens is 520 g/mol. The molecule has 11 heteroatoms. The highest BCUT2D eigenvalue weighted by Gasteiger charge is 2.53. The van der Waals surface area contributed by atoms with Crippen LogP contribution in [0.1, 0.15) is 58.2 Å². The van der Waals surface area contributed by atoms with E-state index in [-0.39, 0.29) is 11.5 Å². The van der Waals surface area contributed by atoms with Crippen LogP contribution in [0.25, 0.3) is 0 Å². The van der Waals surface area contributed by atoms with Gasteiger partial charge in [0.2, 0.25) is 5.91 Å². The Morgan fingerprint density at radius 1 is 0.975 bits per heavy atom. The number of carbonyl (C=O) groups excluding carboxylic acids is 1. The fraction of sp³-hybridized carbons (Fsp3) is 0.586. The number of halogens is 3. The van der Waals surface area contributed by atoms with Crippen molar-refractivity contribution in [1.29, 1.82) is 0 Å². The summed E-state index contributed by atoms with van der Waals surface area (Å²) < 4.78 is 53.5. The number of aromatic nitrogens is 1. The molecule has 0 radical (unpaired) electrons. The fourth-order valence-corrected chi connectivity index (χ4v) is 5.06. The van der Waals surface area contributed by atoms with Gasteiger partial charge < -0.3 is 24.0 Å². The van der Waals surface area contributed by atoms with Crippen molar-refractivity contribution in [3.63, 3.8) is 0 Å². The normalized spacial score (nSPS) is 19.7. The molecule has 4 rings (SSSR count). The number of alkyl halides is 3. The summed E-state index contributed by atoms with van der Waals surface area (Å²) in [5.41, 5.74) is -1.40. The van der Waals surface area contributed by atoms with E-state index in [4.69, 9.17) is 14.3 Å². The number of carbonyl (C=O) groups is 1. The monoisotopic (exact) mass is 560 g/mol. The molecule has 0 atom stereocenters. The van der Waals surface area contributed by atoms with Crippen LogP contribution in [0.4, 0.5) is 24.7 Å². The molecule has 0 unspecified atom stereocenters. The molecule has 1 amide bonds. The fourth-order valence-electron chi connectivity index (χ4n) is 5.06. The molecule has 0 N–H and O–H groups in total. The van der Waals surface area contributed by atoms with E-state index in [9.17, 15) is 18.0 Å². The maximum Gasteiger partial charge on any atom is 0.497 e. The van der Waals surface area contributed by atoms with E-state index in [1.165, 1.54) is 4.90 Å². The Labute approximate surface area is 235 Å². The molecular formula is C29H40BF3N4O3. The molecule has 2 saturated heterocycles. The van der Waals surface area contributed by atoms with Gasteiger partial charge in [-0.2, -0.15) is 13.2 Å². The first-order valence-electron chi connectivity index (χ1n) is 13.6. The maximum absolute atomic E-state index is 14.0. The molecule has 1 aromatic carbocycles. The average molecular weight is 560 g/mol. The van der Waals surface area contributed by atoms with Crippen LogP contribution in [0, 0.1) is 6.92 Å². The third-order valence-electron chi connectivity index (χ3n) is 8.56. The van der Waals surface area contributed by atoms with E-state index in [0.717, 1.165) is 44.1 Å². The van der Waals surface area contributed by atoms with Gasteiger partial charge in [-0.15, -0.1) is 0 Å². The first-order chi connectivity index (χ1) is 18.3. The van der Waals surface area contributed by atoms with Gasteiger partial charge in [0.25, 0.3) is 0 Å². The SMILES string of the molecule is Cc1cc(C(F)(F)F)cc(C(C)(C)C(=O)N(C)c2cnc(N3CCN(C)CC3)cc2B2OC(C)(C)C(C)(C)O2)c1. The van der Waals surface area contributed by atoms with Crippen LogP contribution in [0.15, 0.2) is 30.5 Å². The maximum atomic E-state index is 14.0. The van der Waals surface area contributed by atoms with Crippen molar-refractivity contribution in [2.45, 2.75) is 71.3 Å². The second-order valence-corrected chi connectivity index (χ2v) is 12.6. The Balaban J connectivity index is 1.74. The Morgan fingerprint density at radius 2 is 1.52 bits per heavy atom. The van der Waals surface area contributed by atoms with Crippen LogP contribution >= 0.6 is 0 Å². The molecule has 40 heavy (non-hydrogen) atoms. The number of hydrogen-bond donors (Lipinski definition) is 0. The van der Waals surface area contributed by atoms with Crippen LogP contribution in [0.2, 0.25) is 0 Å². The van der Waals surface area contributed by atoms with Crippen molar-refractivity contribution in [1.82, 2.24) is 9.88 Å². The van der Waals surface area contributed by atoms with Gasteiger partial charge >= 0.3 is 13.3 Å². The van der Waals surface area contributed by atoms with Crippen LogP contribution < -0.4 is 15.3 Å². The van der Waals surface area contributed by atoms with Crippen LogP contribution in [-0.4, -0.2) is 74.4 Å². The predicted octanol–water partition coefficient (Wildman–Crippen LogP) is 4.40. The van der Waals surface area contributed by atoms with E-state index >= 15 is 0 Å². The number of pyridine rings is 1. The number of likely N-dealkylation sites (N-methyl/N-ethyl adjacent to an activating group) is 2. The van der Waals surface area contributed by atoms with E-state index in [2.05, 4.69) is 16.8 Å². The van der Waals surface area contributed by atoms with Crippen molar-refractivity contribution in [3.8, 4) is 0 Å². The van der Waals surface area contributed by atoms with Crippen molar-refractivity contribution in [2.24, 2.45) is 0 Å². The third kappa shape index (κ3) is 5.73. The van der Waals surface area contributed by atoms with Gasteiger partial charge in [-0.05, 0) is 79.3 Å². The number of nitrogens with zero attached hydrogens (tertiary/aromatic N) is 4. The van der Waals surface area contributed by atoms with Gasteiger partial charge in [0.05, 0.1) is 34.1 Å². The number of aryl methyl sites for hydroxylation is 1. The van der Waals surface area contributed by atoms with Crippen molar-refractivity contribution in [2.75, 3.05) is 50.1 Å². The number of benzene rings is 1. The van der Waals surface area contributed by atoms with Gasteiger partial charge in [0.1, 0.15) is 5.82 Å². The first kappa shape index (κ1) is 30.3. The van der Waals surface area contributed by atoms with Gasteiger partial charge in [-0.25, -0.2) is 4.98 Å². The zero-order valence-electron chi connectivity index (χ0n) is 24.9. The predicted molar refractivity (Wildman–Crippen MR) is 152 cm³/mol. The molecule has 2 aliphatic heterocycles. The Morgan fingerprint density at radius 3 is 2.08 bits per heavy atom. The summed E-state index contributed by atoms with van der Waals surface area (Å²) in [4.78, 5) is 24.6. The van der Waals surface area contributed by atoms with Crippen LogP contribution in [-0.2, 0) is 25.7 Å². The minimum Gasteiger partial charge on any atom is -0.399 e. The third-order valence-corrected chi connectivity index (χ3v) is 8.56. The Kier molecular flexibility index (Phi) is 7.84. The number of hydrogen-bond acceptors (Lipinski definition) is 6. The van der Waals surface area contributed by atoms with E-state index in [1.54, 1.807) is 40.1 Å². The molecule has 2 fully saturated rings. The Bertz CT molecular complexity index is 1260. The molecule has 7 nitrogen and oxygen atoms in total. The number of rotatable bonds is 5. The minimum atomic E-state index is -4.52. The van der Waals surface area contributed by atoms with Gasteiger partial charge in [-0.1, -0.05) is 11.6 Å². The standard InChI is InChI=1S/C29H40BF3N4O3/c1-19-14-20(16-21(15-19)29(31,32)33)26(2,3)25(38)36(9)23-18-34-24(37-12-10-35(8)11-13-37)17-22(23)30-39-27(4,5)28(6,7)40-30/h14-18H,10-13H2,1-9H3. The topological polar surface area (TPSA) is 58.1 Å². The summed E-state index contributed by atoms with van der Waals surface area (Å²) in [6.45, 7) is 16.1. The zero-order valence-corrected chi connectivity index (χ0v) is 24.9. The van der Waals surface area contributed by atoms with Crippen molar-refractivity contribution >= 4 is 30.0 Å². The van der Waals surface area contributed by atoms with Crippen LogP contribution in [0.3, 0.4) is 0 Å². The summed E-state index contributed by atoms with van der Waals surface area (Å²) in [6, 6.07) is 5.69. The lowest BCUT2D eigenvalue weighted by atomic mass is 9.77. The first-order valence-corrected chi connectivity index (χ1v) is 13.6. The lowest BCUT2D eigenvalue weighted by Gasteiger charge is -2.35. The smallest absolute Gasteiger partial charge is 0.399 e. The molecule has 2 aromatic rings. The number of anilines is 2. The van der Waals surface area contributed by atoms with E-state index in [1.807, 2.05) is 33.8 Å². The molecule has 2 aliphatic rings. The molecule has 3 heterocycles. The van der Waals surface area contributed by atoms with Crippen LogP contribution in [0.5, 0.6) is 0 Å². The summed E-state index contributed by atoms with van der Waals surface area (Å²) in [6.07, 6.45) is -2.88. The summed E-state index contributed by atoms with van der Waals surface area (Å²) in [5.74, 6) is 0.383. The average Bonchev–Trinajstić information content (AvgIpc) is 3.08. The molecule has 0 bridgehead atoms. The second-order valence-electron chi connectivity index (χ2n) is 12.6. The lowest BCUT2D eigenvalue weighted by Crippen LogP contribution is -2.47. The number of piperazine rings is 1. The summed E-state index contributed by atoms with van der Waals surface area (Å²) in [7, 11) is 2.94. The number of amides is 1. The Hall–Kier alpha value is -2.63. The molecule has 1 aromatic heterocycles. The van der Waals surface area contributed by atoms with Crippen molar-refractivity contribution < 1.29 is 27.3 Å². The molecule has 0 aliphatic carbocycles. The molecule has 218 valence electrons. The quantitative estimate of drug-likeness (QED) is 0.506. The highest BCUT2D eigenvalue weighted by molar-refractivity contribution is 6.64. The zero-order chi connectivity index (χ0) is 29.8. The van der Waals surface area contributed by atoms with Gasteiger partial charge in [0.15, 0.2) is 0 Å². The lowest BCUT2D eigenvalue weighted by molar-refractivity contribution is -0.137. The van der Waals surface area contributed by atoms with Crippen molar-refractivity contribution in [3.05, 3.63) is 47.2 Å². The summed E-state index contributed by atoms with van der Waals surface area (Å²) >= 11 is 0. The van der Waals surface area contributed by atoms with Gasteiger partial charge in [-0.3, -0.25) is 4.79 Å². The summed E-state index contributed by atoms with van der Waals surface area (Å²) in [5, 5.41) is 0. The second kappa shape index (κ2) is 10.3. The molecule has 0 saturated carbocycles. The van der Waals surface area contributed by atoms with E-state index in [0.29, 0.717) is 16.7 Å². The van der Waals surface area contributed by atoms with E-state index < -0.39 is 35.5 Å². The minimum absolute atomic E-state index is 0.288. The molecule has 0 spiro atoms. The largest absolute Gasteiger partial charge is 0.497 e. The highest BCUT2D eigenvalue weighted by atomic mass is 19.4.